The van der Waals surface area contributed by atoms with Crippen molar-refractivity contribution >= 4 is 51.7 Å². The fraction of sp³-hybridized carbons (Fsp3) is 0.158. The highest BCUT2D eigenvalue weighted by atomic mass is 35.5. The van der Waals surface area contributed by atoms with E-state index in [-0.39, 0.29) is 13.0 Å². The van der Waals surface area contributed by atoms with Crippen LogP contribution in [0.5, 0.6) is 0 Å². The van der Waals surface area contributed by atoms with Crippen LogP contribution in [0.1, 0.15) is 16.7 Å². The van der Waals surface area contributed by atoms with Crippen LogP contribution in [0.3, 0.4) is 0 Å². The van der Waals surface area contributed by atoms with E-state index in [4.69, 9.17) is 44.0 Å². The van der Waals surface area contributed by atoms with Crippen molar-refractivity contribution in [2.45, 2.75) is 20.0 Å². The molecule has 0 N–H and O–H groups in total. The van der Waals surface area contributed by atoms with Gasteiger partial charge < -0.3 is 9.15 Å². The van der Waals surface area contributed by atoms with Crippen molar-refractivity contribution < 1.29 is 13.9 Å². The Morgan fingerprint density at radius 1 is 1.08 bits per heavy atom. The molecule has 0 aliphatic heterocycles. The number of ether oxygens (including phenoxy) is 1. The molecule has 7 heteroatoms. The quantitative estimate of drug-likeness (QED) is 0.429. The Bertz CT molecular complexity index is 1040. The molecule has 0 unspecified atom stereocenters. The van der Waals surface area contributed by atoms with Crippen molar-refractivity contribution in [3.05, 3.63) is 78.6 Å². The zero-order valence-corrected chi connectivity index (χ0v) is 15.9. The van der Waals surface area contributed by atoms with Gasteiger partial charge in [-0.25, -0.2) is 4.79 Å². The molecule has 0 fully saturated rings. The molecule has 0 bridgehead atoms. The number of carbonyl (C=O) groups is 1. The Balaban J connectivity index is 1.82. The van der Waals surface area contributed by atoms with Crippen LogP contribution in [0.15, 0.2) is 45.6 Å². The minimum absolute atomic E-state index is 0.0717. The molecule has 0 saturated carbocycles. The Morgan fingerprint density at radius 3 is 2.46 bits per heavy atom. The molecule has 26 heavy (non-hydrogen) atoms. The van der Waals surface area contributed by atoms with Crippen LogP contribution in [0.4, 0.5) is 0 Å². The summed E-state index contributed by atoms with van der Waals surface area (Å²) >= 11 is 18.3. The van der Waals surface area contributed by atoms with Gasteiger partial charge in [-0.05, 0) is 36.8 Å². The lowest BCUT2D eigenvalue weighted by molar-refractivity contribution is -0.144. The molecule has 3 rings (SSSR count). The molecule has 4 nitrogen and oxygen atoms in total. The lowest BCUT2D eigenvalue weighted by Crippen LogP contribution is -2.10. The number of benzene rings is 2. The topological polar surface area (TPSA) is 56.5 Å². The molecule has 0 aliphatic rings. The number of hydrogen-bond donors (Lipinski definition) is 0. The average Bonchev–Trinajstić information content (AvgIpc) is 2.58. The minimum Gasteiger partial charge on any atom is -0.461 e. The van der Waals surface area contributed by atoms with Gasteiger partial charge in [-0.2, -0.15) is 0 Å². The molecule has 0 radical (unpaired) electrons. The van der Waals surface area contributed by atoms with E-state index in [9.17, 15) is 9.59 Å². The van der Waals surface area contributed by atoms with Gasteiger partial charge in [0.15, 0.2) is 0 Å². The Hall–Kier alpha value is -2.01. The first-order valence-electron chi connectivity index (χ1n) is 7.66. The van der Waals surface area contributed by atoms with Gasteiger partial charge in [0.2, 0.25) is 0 Å². The molecule has 134 valence electrons. The summed E-state index contributed by atoms with van der Waals surface area (Å²) in [6.07, 6.45) is -0.0717. The van der Waals surface area contributed by atoms with Crippen molar-refractivity contribution in [1.29, 1.82) is 0 Å². The van der Waals surface area contributed by atoms with Gasteiger partial charge in [0.1, 0.15) is 12.2 Å². The van der Waals surface area contributed by atoms with Crippen LogP contribution in [0.25, 0.3) is 11.0 Å². The summed E-state index contributed by atoms with van der Waals surface area (Å²) in [6.45, 7) is 1.71. The Kier molecular flexibility index (Phi) is 5.56. The van der Waals surface area contributed by atoms with Crippen LogP contribution in [-0.4, -0.2) is 5.97 Å². The van der Waals surface area contributed by atoms with E-state index >= 15 is 0 Å². The molecule has 0 saturated heterocycles. The predicted molar refractivity (Wildman–Crippen MR) is 102 cm³/mol. The molecule has 0 amide bonds. The Labute approximate surface area is 164 Å². The highest BCUT2D eigenvalue weighted by Gasteiger charge is 2.14. The normalized spacial score (nSPS) is 10.9. The summed E-state index contributed by atoms with van der Waals surface area (Å²) in [7, 11) is 0. The molecule has 0 atom stereocenters. The summed E-state index contributed by atoms with van der Waals surface area (Å²) in [6, 6.07) is 9.63. The zero-order chi connectivity index (χ0) is 18.8. The second kappa shape index (κ2) is 7.70. The highest BCUT2D eigenvalue weighted by molar-refractivity contribution is 6.36. The van der Waals surface area contributed by atoms with E-state index in [2.05, 4.69) is 0 Å². The molecular formula is C19H13Cl3O4. The summed E-state index contributed by atoms with van der Waals surface area (Å²) in [5.74, 6) is -0.514. The monoisotopic (exact) mass is 410 g/mol. The highest BCUT2D eigenvalue weighted by Crippen LogP contribution is 2.27. The molecule has 3 aromatic rings. The van der Waals surface area contributed by atoms with Gasteiger partial charge in [-0.15, -0.1) is 0 Å². The summed E-state index contributed by atoms with van der Waals surface area (Å²) < 4.78 is 10.5. The number of carbonyl (C=O) groups excluding carboxylic acids is 1. The average molecular weight is 412 g/mol. The van der Waals surface area contributed by atoms with Gasteiger partial charge in [-0.3, -0.25) is 4.79 Å². The van der Waals surface area contributed by atoms with E-state index in [1.165, 1.54) is 6.07 Å². The van der Waals surface area contributed by atoms with Crippen molar-refractivity contribution in [3.8, 4) is 0 Å². The van der Waals surface area contributed by atoms with Gasteiger partial charge in [0, 0.05) is 37.6 Å². The molecular weight excluding hydrogens is 399 g/mol. The first-order chi connectivity index (χ1) is 12.3. The molecule has 0 spiro atoms. The third-order valence-electron chi connectivity index (χ3n) is 3.88. The number of hydrogen-bond acceptors (Lipinski definition) is 4. The van der Waals surface area contributed by atoms with Gasteiger partial charge >= 0.3 is 11.6 Å². The van der Waals surface area contributed by atoms with Crippen LogP contribution in [0, 0.1) is 6.92 Å². The lowest BCUT2D eigenvalue weighted by atomic mass is 10.1. The smallest absolute Gasteiger partial charge is 0.336 e. The molecule has 0 aliphatic carbocycles. The van der Waals surface area contributed by atoms with Gasteiger partial charge in [-0.1, -0.05) is 40.9 Å². The number of aryl methyl sites for hydroxylation is 1. The number of fused-ring (bicyclic) bond motifs is 1. The van der Waals surface area contributed by atoms with E-state index in [0.29, 0.717) is 37.2 Å². The molecule has 1 aromatic heterocycles. The molecule has 1 heterocycles. The van der Waals surface area contributed by atoms with E-state index < -0.39 is 11.6 Å². The summed E-state index contributed by atoms with van der Waals surface area (Å²) in [5, 5.41) is 1.93. The first kappa shape index (κ1) is 18.8. The fourth-order valence-corrected chi connectivity index (χ4v) is 3.22. The van der Waals surface area contributed by atoms with E-state index in [1.54, 1.807) is 30.3 Å². The van der Waals surface area contributed by atoms with E-state index in [0.717, 1.165) is 5.56 Å². The third kappa shape index (κ3) is 4.04. The lowest BCUT2D eigenvalue weighted by Gasteiger charge is -2.10. The number of esters is 1. The van der Waals surface area contributed by atoms with Crippen molar-refractivity contribution in [2.75, 3.05) is 0 Å². The van der Waals surface area contributed by atoms with Crippen molar-refractivity contribution in [3.63, 3.8) is 0 Å². The van der Waals surface area contributed by atoms with Crippen LogP contribution >= 0.6 is 34.8 Å². The maximum atomic E-state index is 12.2. The standard InChI is InChI=1S/C19H13Cl3O4/c1-10-5-17-12(7-16(10)22)11(6-19(24)26-17)9-25-18(23)8-13-14(20)3-2-4-15(13)21/h2-7H,8-9H2,1H3. The largest absolute Gasteiger partial charge is 0.461 e. The number of halogens is 3. The zero-order valence-electron chi connectivity index (χ0n) is 13.6. The maximum absolute atomic E-state index is 12.2. The predicted octanol–water partition coefficient (Wildman–Crippen LogP) is 5.35. The van der Waals surface area contributed by atoms with Crippen molar-refractivity contribution in [1.82, 2.24) is 0 Å². The Morgan fingerprint density at radius 2 is 1.77 bits per heavy atom. The molecule has 2 aromatic carbocycles. The van der Waals surface area contributed by atoms with Crippen LogP contribution < -0.4 is 5.63 Å². The fourth-order valence-electron chi connectivity index (χ4n) is 2.52. The second-order valence-corrected chi connectivity index (χ2v) is 6.95. The maximum Gasteiger partial charge on any atom is 0.336 e. The second-order valence-electron chi connectivity index (χ2n) is 5.73. The third-order valence-corrected chi connectivity index (χ3v) is 5.00. The number of rotatable bonds is 4. The van der Waals surface area contributed by atoms with Crippen LogP contribution in [0.2, 0.25) is 15.1 Å². The SMILES string of the molecule is Cc1cc2oc(=O)cc(COC(=O)Cc3c(Cl)cccc3Cl)c2cc1Cl. The summed E-state index contributed by atoms with van der Waals surface area (Å²) in [4.78, 5) is 23.9. The summed E-state index contributed by atoms with van der Waals surface area (Å²) in [5.41, 5.74) is 1.65. The van der Waals surface area contributed by atoms with Crippen LogP contribution in [-0.2, 0) is 22.6 Å². The first-order valence-corrected chi connectivity index (χ1v) is 8.80. The minimum atomic E-state index is -0.528. The van der Waals surface area contributed by atoms with E-state index in [1.807, 2.05) is 6.92 Å². The van der Waals surface area contributed by atoms with Gasteiger partial charge in [0.25, 0.3) is 0 Å². The van der Waals surface area contributed by atoms with Crippen molar-refractivity contribution in [2.24, 2.45) is 0 Å². The van der Waals surface area contributed by atoms with Gasteiger partial charge in [0.05, 0.1) is 6.42 Å².